The molecule has 1 fully saturated rings. The van der Waals surface area contributed by atoms with Gasteiger partial charge in [0.25, 0.3) is 5.91 Å². The number of nitrogens with one attached hydrogen (secondary N) is 1. The van der Waals surface area contributed by atoms with Gasteiger partial charge in [0.1, 0.15) is 5.82 Å². The first kappa shape index (κ1) is 23.7. The SMILES string of the molecule is CC(=O)c1ccc(N2CCN(C(=O)COC(=O)c3ccc4c(c3)NC(=O)[C@@H](C)S4)CC2)c(F)c1. The Hall–Kier alpha value is -3.40. The number of fused-ring (bicyclic) bond motifs is 1. The van der Waals surface area contributed by atoms with Crippen molar-refractivity contribution in [3.8, 4) is 0 Å². The van der Waals surface area contributed by atoms with Crippen molar-refractivity contribution in [3.05, 3.63) is 53.3 Å². The molecule has 2 aromatic rings. The number of rotatable bonds is 5. The van der Waals surface area contributed by atoms with Crippen LogP contribution in [-0.2, 0) is 14.3 Å². The number of ether oxygens (including phenoxy) is 1. The third-order valence-corrected chi connectivity index (χ3v) is 6.98. The zero-order valence-electron chi connectivity index (χ0n) is 18.8. The van der Waals surface area contributed by atoms with E-state index >= 15 is 0 Å². The number of esters is 1. The van der Waals surface area contributed by atoms with Crippen LogP contribution in [0.3, 0.4) is 0 Å². The van der Waals surface area contributed by atoms with E-state index in [1.807, 2.05) is 4.90 Å². The lowest BCUT2D eigenvalue weighted by Crippen LogP contribution is -2.50. The molecule has 178 valence electrons. The zero-order chi connectivity index (χ0) is 24.4. The second kappa shape index (κ2) is 9.84. The largest absolute Gasteiger partial charge is 0.452 e. The predicted octanol–water partition coefficient (Wildman–Crippen LogP) is 2.97. The fraction of sp³-hybridized carbons (Fsp3) is 0.333. The van der Waals surface area contributed by atoms with E-state index in [0.29, 0.717) is 43.1 Å². The minimum atomic E-state index is -0.653. The van der Waals surface area contributed by atoms with Crippen molar-refractivity contribution in [1.82, 2.24) is 4.90 Å². The summed E-state index contributed by atoms with van der Waals surface area (Å²) in [5.74, 6) is -1.80. The minimum absolute atomic E-state index is 0.132. The van der Waals surface area contributed by atoms with Crippen LogP contribution < -0.4 is 10.2 Å². The predicted molar refractivity (Wildman–Crippen MR) is 126 cm³/mol. The van der Waals surface area contributed by atoms with Crippen molar-refractivity contribution in [2.75, 3.05) is 43.0 Å². The number of thioether (sulfide) groups is 1. The van der Waals surface area contributed by atoms with E-state index < -0.39 is 18.4 Å². The van der Waals surface area contributed by atoms with Gasteiger partial charge in [-0.25, -0.2) is 9.18 Å². The molecule has 0 spiro atoms. The minimum Gasteiger partial charge on any atom is -0.452 e. The molecule has 1 N–H and O–H groups in total. The fourth-order valence-corrected chi connectivity index (χ4v) is 4.75. The molecule has 2 aliphatic heterocycles. The molecule has 2 aliphatic rings. The van der Waals surface area contributed by atoms with Gasteiger partial charge in [0.2, 0.25) is 5.91 Å². The zero-order valence-corrected chi connectivity index (χ0v) is 19.6. The average Bonchev–Trinajstić information content (AvgIpc) is 2.82. The van der Waals surface area contributed by atoms with Crippen LogP contribution >= 0.6 is 11.8 Å². The molecule has 4 rings (SSSR count). The van der Waals surface area contributed by atoms with Gasteiger partial charge in [0, 0.05) is 36.6 Å². The Labute approximate surface area is 200 Å². The maximum atomic E-state index is 14.4. The van der Waals surface area contributed by atoms with Crippen LogP contribution in [0.1, 0.15) is 34.6 Å². The van der Waals surface area contributed by atoms with Crippen LogP contribution in [0.25, 0.3) is 0 Å². The number of ketones is 1. The summed E-state index contributed by atoms with van der Waals surface area (Å²) >= 11 is 1.41. The molecule has 0 aromatic heterocycles. The lowest BCUT2D eigenvalue weighted by atomic mass is 10.1. The summed E-state index contributed by atoms with van der Waals surface area (Å²) < 4.78 is 19.6. The second-order valence-electron chi connectivity index (χ2n) is 8.13. The lowest BCUT2D eigenvalue weighted by Gasteiger charge is -2.36. The molecule has 0 unspecified atom stereocenters. The van der Waals surface area contributed by atoms with Gasteiger partial charge in [0.15, 0.2) is 12.4 Å². The Balaban J connectivity index is 1.29. The van der Waals surface area contributed by atoms with E-state index in [4.69, 9.17) is 4.74 Å². The monoisotopic (exact) mass is 485 g/mol. The molecular weight excluding hydrogens is 461 g/mol. The summed E-state index contributed by atoms with van der Waals surface area (Å²) in [4.78, 5) is 52.5. The highest BCUT2D eigenvalue weighted by molar-refractivity contribution is 8.00. The van der Waals surface area contributed by atoms with E-state index in [2.05, 4.69) is 5.32 Å². The van der Waals surface area contributed by atoms with Gasteiger partial charge in [-0.3, -0.25) is 14.4 Å². The summed E-state index contributed by atoms with van der Waals surface area (Å²) in [5, 5.41) is 2.55. The van der Waals surface area contributed by atoms with Gasteiger partial charge >= 0.3 is 5.97 Å². The summed E-state index contributed by atoms with van der Waals surface area (Å²) in [6.07, 6.45) is 0. The van der Waals surface area contributed by atoms with Crippen molar-refractivity contribution in [2.24, 2.45) is 0 Å². The molecule has 10 heteroatoms. The summed E-state index contributed by atoms with van der Waals surface area (Å²) in [6, 6.07) is 9.28. The fourth-order valence-electron chi connectivity index (χ4n) is 3.82. The van der Waals surface area contributed by atoms with Gasteiger partial charge in [-0.1, -0.05) is 0 Å². The molecule has 2 amide bonds. The van der Waals surface area contributed by atoms with Crippen LogP contribution in [-0.4, -0.2) is 66.5 Å². The standard InChI is InChI=1S/C24H24FN3O5S/c1-14(29)16-3-5-20(18(25)11-16)27-7-9-28(10-8-27)22(30)13-33-24(32)17-4-6-21-19(12-17)26-23(31)15(2)34-21/h3-6,11-12,15H,7-10,13H2,1-2H3,(H,26,31)/t15-/m1/s1. The van der Waals surface area contributed by atoms with Gasteiger partial charge in [0.05, 0.1) is 22.2 Å². The second-order valence-corrected chi connectivity index (χ2v) is 9.51. The third kappa shape index (κ3) is 5.06. The molecule has 1 atom stereocenters. The van der Waals surface area contributed by atoms with E-state index in [-0.39, 0.29) is 28.4 Å². The normalized spacial score (nSPS) is 17.6. The van der Waals surface area contributed by atoms with Crippen molar-refractivity contribution >= 4 is 46.7 Å². The van der Waals surface area contributed by atoms with Crippen LogP contribution in [0, 0.1) is 5.82 Å². The first-order valence-electron chi connectivity index (χ1n) is 10.8. The molecule has 1 saturated heterocycles. The maximum Gasteiger partial charge on any atom is 0.338 e. The molecule has 0 bridgehead atoms. The molecular formula is C24H24FN3O5S. The Morgan fingerprint density at radius 3 is 2.47 bits per heavy atom. The van der Waals surface area contributed by atoms with Gasteiger partial charge in [-0.2, -0.15) is 0 Å². The van der Waals surface area contributed by atoms with E-state index in [1.54, 1.807) is 42.2 Å². The van der Waals surface area contributed by atoms with E-state index in [0.717, 1.165) is 4.90 Å². The molecule has 2 aromatic carbocycles. The Kier molecular flexibility index (Phi) is 6.87. The number of hydrogen-bond acceptors (Lipinski definition) is 7. The lowest BCUT2D eigenvalue weighted by molar-refractivity contribution is -0.134. The topological polar surface area (TPSA) is 96.0 Å². The van der Waals surface area contributed by atoms with E-state index in [1.165, 1.54) is 24.8 Å². The molecule has 0 saturated carbocycles. The average molecular weight is 486 g/mol. The maximum absolute atomic E-state index is 14.4. The summed E-state index contributed by atoms with van der Waals surface area (Å²) in [5.41, 5.74) is 1.49. The third-order valence-electron chi connectivity index (χ3n) is 5.80. The van der Waals surface area contributed by atoms with E-state index in [9.17, 15) is 23.6 Å². The highest BCUT2D eigenvalue weighted by Gasteiger charge is 2.26. The summed E-state index contributed by atoms with van der Waals surface area (Å²) in [7, 11) is 0. The van der Waals surface area contributed by atoms with Crippen LogP contribution in [0.4, 0.5) is 15.8 Å². The van der Waals surface area contributed by atoms with Crippen molar-refractivity contribution in [1.29, 1.82) is 0 Å². The number of Topliss-reactive ketones (excluding diaryl/α,β-unsaturated/α-hetero) is 1. The van der Waals surface area contributed by atoms with Crippen LogP contribution in [0.15, 0.2) is 41.3 Å². The Bertz CT molecular complexity index is 1160. The quantitative estimate of drug-likeness (QED) is 0.514. The molecule has 0 radical (unpaired) electrons. The smallest absolute Gasteiger partial charge is 0.338 e. The number of benzene rings is 2. The number of anilines is 2. The number of halogens is 1. The van der Waals surface area contributed by atoms with Crippen LogP contribution in [0.2, 0.25) is 0 Å². The van der Waals surface area contributed by atoms with Crippen LogP contribution in [0.5, 0.6) is 0 Å². The first-order valence-corrected chi connectivity index (χ1v) is 11.7. The number of carbonyl (C=O) groups is 4. The van der Waals surface area contributed by atoms with Crippen molar-refractivity contribution < 1.29 is 28.3 Å². The molecule has 34 heavy (non-hydrogen) atoms. The number of hydrogen-bond donors (Lipinski definition) is 1. The molecule has 8 nitrogen and oxygen atoms in total. The first-order chi connectivity index (χ1) is 16.2. The number of nitrogens with zero attached hydrogens (tertiary/aromatic N) is 2. The number of amides is 2. The number of carbonyl (C=O) groups excluding carboxylic acids is 4. The highest BCUT2D eigenvalue weighted by Crippen LogP contribution is 2.36. The number of piperazine rings is 1. The van der Waals surface area contributed by atoms with Crippen molar-refractivity contribution in [2.45, 2.75) is 24.0 Å². The van der Waals surface area contributed by atoms with Gasteiger partial charge < -0.3 is 19.9 Å². The molecule has 0 aliphatic carbocycles. The van der Waals surface area contributed by atoms with Crippen molar-refractivity contribution in [3.63, 3.8) is 0 Å². The Morgan fingerprint density at radius 1 is 1.09 bits per heavy atom. The summed E-state index contributed by atoms with van der Waals surface area (Å²) in [6.45, 7) is 4.31. The molecule has 2 heterocycles. The Morgan fingerprint density at radius 2 is 1.79 bits per heavy atom. The van der Waals surface area contributed by atoms with Gasteiger partial charge in [-0.15, -0.1) is 11.8 Å². The highest BCUT2D eigenvalue weighted by atomic mass is 32.2. The van der Waals surface area contributed by atoms with Gasteiger partial charge in [-0.05, 0) is 50.2 Å².